The quantitative estimate of drug-likeness (QED) is 0.870. The molecule has 0 aromatic heterocycles. The number of sulfonamides is 1. The average molecular weight is 311 g/mol. The molecule has 0 aliphatic heterocycles. The fourth-order valence-electron chi connectivity index (χ4n) is 2.31. The van der Waals surface area contributed by atoms with Gasteiger partial charge in [0.1, 0.15) is 0 Å². The molecule has 0 amide bonds. The van der Waals surface area contributed by atoms with E-state index in [-0.39, 0.29) is 11.4 Å². The number of hydrogen-bond acceptors (Lipinski definition) is 3. The van der Waals surface area contributed by atoms with Crippen molar-refractivity contribution in [2.24, 2.45) is 5.41 Å². The van der Waals surface area contributed by atoms with E-state index in [1.165, 1.54) is 19.4 Å². The molecule has 5 nitrogen and oxygen atoms in total. The third kappa shape index (κ3) is 3.63. The Morgan fingerprint density at radius 2 is 1.86 bits per heavy atom. The molecule has 0 spiro atoms. The van der Waals surface area contributed by atoms with Gasteiger partial charge in [-0.2, -0.15) is 0 Å². The summed E-state index contributed by atoms with van der Waals surface area (Å²) in [6.45, 7) is 2.84. The van der Waals surface area contributed by atoms with Crippen LogP contribution in [0.1, 0.15) is 37.8 Å². The number of carboxylic acids is 1. The van der Waals surface area contributed by atoms with Crippen LogP contribution >= 0.6 is 0 Å². The fourth-order valence-corrected chi connectivity index (χ4v) is 3.57. The maximum Gasteiger partial charge on any atom is 0.310 e. The van der Waals surface area contributed by atoms with Crippen molar-refractivity contribution in [3.8, 4) is 0 Å². The van der Waals surface area contributed by atoms with Crippen LogP contribution in [-0.2, 0) is 27.7 Å². The van der Waals surface area contributed by atoms with E-state index < -0.39 is 21.4 Å². The summed E-state index contributed by atoms with van der Waals surface area (Å²) in [6.07, 6.45) is 4.12. The summed E-state index contributed by atoms with van der Waals surface area (Å²) < 4.78 is 27.0. The van der Waals surface area contributed by atoms with E-state index in [1.54, 1.807) is 12.1 Å². The van der Waals surface area contributed by atoms with Crippen LogP contribution in [0.25, 0.3) is 0 Å². The Hall–Kier alpha value is -1.40. The Balaban J connectivity index is 2.18. The molecule has 0 fully saturated rings. The Labute approximate surface area is 125 Å². The molecule has 1 aromatic rings. The Morgan fingerprint density at radius 1 is 1.24 bits per heavy atom. The SMILES string of the molecule is CC(C)(CNS(=O)(=O)c1ccc2c(c1)CCCC2)C(=O)O. The van der Waals surface area contributed by atoms with Crippen LogP contribution in [-0.4, -0.2) is 26.0 Å². The molecule has 0 heterocycles. The lowest BCUT2D eigenvalue weighted by atomic mass is 9.92. The smallest absolute Gasteiger partial charge is 0.310 e. The number of nitrogens with one attached hydrogen (secondary N) is 1. The molecular formula is C15H21NO4S. The number of carbonyl (C=O) groups is 1. The molecule has 116 valence electrons. The second kappa shape index (κ2) is 5.77. The zero-order valence-corrected chi connectivity index (χ0v) is 13.2. The standard InChI is InChI=1S/C15H21NO4S/c1-15(2,14(17)18)10-16-21(19,20)13-8-7-11-5-3-4-6-12(11)9-13/h7-9,16H,3-6,10H2,1-2H3,(H,17,18). The summed E-state index contributed by atoms with van der Waals surface area (Å²) >= 11 is 0. The summed E-state index contributed by atoms with van der Waals surface area (Å²) in [4.78, 5) is 11.2. The maximum atomic E-state index is 12.3. The number of hydrogen-bond donors (Lipinski definition) is 2. The fraction of sp³-hybridized carbons (Fsp3) is 0.533. The van der Waals surface area contributed by atoms with Gasteiger partial charge in [0, 0.05) is 6.54 Å². The van der Waals surface area contributed by atoms with Crippen LogP contribution in [0.3, 0.4) is 0 Å². The number of rotatable bonds is 5. The van der Waals surface area contributed by atoms with Gasteiger partial charge in [0.2, 0.25) is 10.0 Å². The summed E-state index contributed by atoms with van der Waals surface area (Å²) in [5.41, 5.74) is 1.16. The first-order chi connectivity index (χ1) is 9.72. The third-order valence-electron chi connectivity index (χ3n) is 3.91. The number of aryl methyl sites for hydroxylation is 2. The predicted molar refractivity (Wildman–Crippen MR) is 79.7 cm³/mol. The molecule has 1 aliphatic rings. The summed E-state index contributed by atoms with van der Waals surface area (Å²) in [5.74, 6) is -1.03. The molecule has 2 rings (SSSR count). The summed E-state index contributed by atoms with van der Waals surface area (Å²) in [7, 11) is -3.67. The van der Waals surface area contributed by atoms with Crippen molar-refractivity contribution in [3.05, 3.63) is 29.3 Å². The van der Waals surface area contributed by atoms with Gasteiger partial charge in [0.05, 0.1) is 10.3 Å². The van der Waals surface area contributed by atoms with Gasteiger partial charge in [-0.15, -0.1) is 0 Å². The van der Waals surface area contributed by atoms with Crippen LogP contribution in [0.5, 0.6) is 0 Å². The molecule has 0 saturated heterocycles. The van der Waals surface area contributed by atoms with Crippen molar-refractivity contribution in [2.45, 2.75) is 44.4 Å². The normalized spacial score (nSPS) is 15.5. The van der Waals surface area contributed by atoms with Gasteiger partial charge in [-0.3, -0.25) is 4.79 Å². The first-order valence-corrected chi connectivity index (χ1v) is 8.55. The summed E-state index contributed by atoms with van der Waals surface area (Å²) in [5, 5.41) is 9.03. The van der Waals surface area contributed by atoms with Gasteiger partial charge >= 0.3 is 5.97 Å². The van der Waals surface area contributed by atoms with E-state index in [0.29, 0.717) is 0 Å². The van der Waals surface area contributed by atoms with Gasteiger partial charge in [-0.05, 0) is 62.8 Å². The second-order valence-corrected chi connectivity index (χ2v) is 7.92. The third-order valence-corrected chi connectivity index (χ3v) is 5.31. The lowest BCUT2D eigenvalue weighted by molar-refractivity contribution is -0.146. The molecule has 0 radical (unpaired) electrons. The molecule has 2 N–H and O–H groups in total. The Kier molecular flexibility index (Phi) is 4.39. The van der Waals surface area contributed by atoms with Gasteiger partial charge in [-0.25, -0.2) is 13.1 Å². The van der Waals surface area contributed by atoms with Crippen molar-refractivity contribution < 1.29 is 18.3 Å². The molecule has 0 unspecified atom stereocenters. The van der Waals surface area contributed by atoms with Crippen molar-refractivity contribution in [1.82, 2.24) is 4.72 Å². The van der Waals surface area contributed by atoms with Crippen LogP contribution in [0.2, 0.25) is 0 Å². The van der Waals surface area contributed by atoms with Gasteiger partial charge in [-0.1, -0.05) is 6.07 Å². The molecule has 0 bridgehead atoms. The van der Waals surface area contributed by atoms with E-state index in [1.807, 2.05) is 6.07 Å². The van der Waals surface area contributed by atoms with E-state index in [4.69, 9.17) is 5.11 Å². The molecule has 21 heavy (non-hydrogen) atoms. The number of aliphatic carboxylic acids is 1. The van der Waals surface area contributed by atoms with Crippen molar-refractivity contribution in [2.75, 3.05) is 6.54 Å². The topological polar surface area (TPSA) is 83.5 Å². The van der Waals surface area contributed by atoms with Crippen LogP contribution < -0.4 is 4.72 Å². The minimum atomic E-state index is -3.67. The lowest BCUT2D eigenvalue weighted by Crippen LogP contribution is -2.38. The van der Waals surface area contributed by atoms with Crippen LogP contribution in [0.15, 0.2) is 23.1 Å². The van der Waals surface area contributed by atoms with Crippen molar-refractivity contribution in [1.29, 1.82) is 0 Å². The first kappa shape index (κ1) is 16.0. The zero-order valence-electron chi connectivity index (χ0n) is 12.3. The molecule has 1 aliphatic carbocycles. The highest BCUT2D eigenvalue weighted by molar-refractivity contribution is 7.89. The van der Waals surface area contributed by atoms with Crippen LogP contribution in [0.4, 0.5) is 0 Å². The van der Waals surface area contributed by atoms with E-state index in [0.717, 1.165) is 31.2 Å². The largest absolute Gasteiger partial charge is 0.481 e. The maximum absolute atomic E-state index is 12.3. The highest BCUT2D eigenvalue weighted by atomic mass is 32.2. The Bertz CT molecular complexity index is 650. The van der Waals surface area contributed by atoms with Gasteiger partial charge in [0.25, 0.3) is 0 Å². The first-order valence-electron chi connectivity index (χ1n) is 7.07. The van der Waals surface area contributed by atoms with Gasteiger partial charge < -0.3 is 5.11 Å². The average Bonchev–Trinajstić information content (AvgIpc) is 2.45. The lowest BCUT2D eigenvalue weighted by Gasteiger charge is -2.20. The highest BCUT2D eigenvalue weighted by Gasteiger charge is 2.29. The highest BCUT2D eigenvalue weighted by Crippen LogP contribution is 2.24. The predicted octanol–water partition coefficient (Wildman–Crippen LogP) is 1.95. The van der Waals surface area contributed by atoms with Crippen molar-refractivity contribution in [3.63, 3.8) is 0 Å². The molecule has 0 saturated carbocycles. The van der Waals surface area contributed by atoms with E-state index in [2.05, 4.69) is 4.72 Å². The molecule has 6 heteroatoms. The number of carboxylic acid groups (broad SMARTS) is 1. The molecular weight excluding hydrogens is 290 g/mol. The minimum absolute atomic E-state index is 0.137. The summed E-state index contributed by atoms with van der Waals surface area (Å²) in [6, 6.07) is 5.18. The molecule has 0 atom stereocenters. The monoisotopic (exact) mass is 311 g/mol. The van der Waals surface area contributed by atoms with Crippen LogP contribution in [0, 0.1) is 5.41 Å². The van der Waals surface area contributed by atoms with Crippen molar-refractivity contribution >= 4 is 16.0 Å². The molecule has 1 aromatic carbocycles. The zero-order chi connectivity index (χ0) is 15.7. The minimum Gasteiger partial charge on any atom is -0.481 e. The Morgan fingerprint density at radius 3 is 2.48 bits per heavy atom. The number of fused-ring (bicyclic) bond motifs is 1. The number of benzene rings is 1. The van der Waals surface area contributed by atoms with Gasteiger partial charge in [0.15, 0.2) is 0 Å². The van der Waals surface area contributed by atoms with E-state index in [9.17, 15) is 13.2 Å². The second-order valence-electron chi connectivity index (χ2n) is 6.15. The van der Waals surface area contributed by atoms with E-state index >= 15 is 0 Å².